The molecule has 1 heterocycles. The molecule has 2 unspecified atom stereocenters. The Morgan fingerprint density at radius 1 is 1.15 bits per heavy atom. The standard InChI is InChI=1S/C23H26ClN3O6/c1-31-19-16(12-23(25,13-28)21(29)30)20(32-2)27(22(26-19)33-3)17-11-7-10-15(18(17)24)14-8-5-4-6-9-14/h4-11,22,28H,12-13,25H2,1-3H3,(H,29,30). The Labute approximate surface area is 196 Å². The second-order valence-electron chi connectivity index (χ2n) is 7.36. The smallest absolute Gasteiger partial charge is 0.326 e. The third-order valence-electron chi connectivity index (χ3n) is 5.30. The molecule has 1 aliphatic rings. The molecule has 0 fully saturated rings. The summed E-state index contributed by atoms with van der Waals surface area (Å²) in [5, 5.41) is 19.7. The first-order valence-electron chi connectivity index (χ1n) is 9.99. The number of aliphatic imine (C=N–C) groups is 1. The van der Waals surface area contributed by atoms with Crippen molar-refractivity contribution in [2.75, 3.05) is 32.8 Å². The predicted molar refractivity (Wildman–Crippen MR) is 125 cm³/mol. The van der Waals surface area contributed by atoms with E-state index in [0.717, 1.165) is 11.1 Å². The Bertz CT molecular complexity index is 1080. The maximum atomic E-state index is 11.8. The third kappa shape index (κ3) is 4.67. The average molecular weight is 476 g/mol. The van der Waals surface area contributed by atoms with E-state index in [-0.39, 0.29) is 23.8 Å². The van der Waals surface area contributed by atoms with E-state index in [1.54, 1.807) is 11.0 Å². The van der Waals surface area contributed by atoms with Gasteiger partial charge in [0.15, 0.2) is 0 Å². The van der Waals surface area contributed by atoms with Crippen LogP contribution >= 0.6 is 11.6 Å². The van der Waals surface area contributed by atoms with Gasteiger partial charge in [-0.2, -0.15) is 4.99 Å². The molecular formula is C23H26ClN3O6. The van der Waals surface area contributed by atoms with E-state index in [0.29, 0.717) is 10.7 Å². The number of aliphatic hydroxyl groups is 1. The SMILES string of the molecule is COC1=NC(OC)N(c2cccc(-c3ccccc3)c2Cl)C(OC)=C1CC(N)(CO)C(=O)O. The van der Waals surface area contributed by atoms with Crippen LogP contribution in [0.2, 0.25) is 5.02 Å². The minimum atomic E-state index is -1.99. The first kappa shape index (κ1) is 24.5. The summed E-state index contributed by atoms with van der Waals surface area (Å²) in [6.07, 6.45) is -1.24. The minimum Gasteiger partial charge on any atom is -0.482 e. The van der Waals surface area contributed by atoms with Crippen molar-refractivity contribution in [2.45, 2.75) is 18.3 Å². The highest BCUT2D eigenvalue weighted by Gasteiger charge is 2.42. The number of aliphatic hydroxyl groups excluding tert-OH is 1. The molecule has 10 heteroatoms. The number of hydrogen-bond acceptors (Lipinski definition) is 8. The van der Waals surface area contributed by atoms with Crippen LogP contribution in [-0.4, -0.2) is 61.9 Å². The highest BCUT2D eigenvalue weighted by atomic mass is 35.5. The summed E-state index contributed by atoms with van der Waals surface area (Å²) in [6, 6.07) is 15.1. The van der Waals surface area contributed by atoms with Crippen molar-refractivity contribution in [3.63, 3.8) is 0 Å². The third-order valence-corrected chi connectivity index (χ3v) is 5.70. The number of halogens is 1. The number of nitrogens with two attached hydrogens (primary N) is 1. The first-order chi connectivity index (χ1) is 15.8. The molecule has 3 rings (SSSR count). The molecule has 2 atom stereocenters. The molecule has 0 saturated carbocycles. The number of benzene rings is 2. The molecule has 2 aromatic carbocycles. The van der Waals surface area contributed by atoms with E-state index < -0.39 is 24.5 Å². The summed E-state index contributed by atoms with van der Waals surface area (Å²) in [7, 11) is 4.26. The Balaban J connectivity index is 2.21. The Kier molecular flexibility index (Phi) is 7.60. The molecule has 1 aliphatic heterocycles. The number of anilines is 1. The van der Waals surface area contributed by atoms with Crippen molar-refractivity contribution in [3.05, 3.63) is 65.0 Å². The number of rotatable bonds is 8. The monoisotopic (exact) mass is 475 g/mol. The van der Waals surface area contributed by atoms with Crippen LogP contribution in [-0.2, 0) is 19.0 Å². The number of hydrogen-bond donors (Lipinski definition) is 3. The van der Waals surface area contributed by atoms with Gasteiger partial charge in [-0.15, -0.1) is 0 Å². The van der Waals surface area contributed by atoms with Crippen LogP contribution in [0, 0.1) is 0 Å². The van der Waals surface area contributed by atoms with Crippen LogP contribution in [0.1, 0.15) is 6.42 Å². The fourth-order valence-electron chi connectivity index (χ4n) is 3.57. The lowest BCUT2D eigenvalue weighted by molar-refractivity contribution is -0.144. The lowest BCUT2D eigenvalue weighted by atomic mass is 9.91. The van der Waals surface area contributed by atoms with Gasteiger partial charge in [0.2, 0.25) is 18.1 Å². The number of carbonyl (C=O) groups is 1. The average Bonchev–Trinajstić information content (AvgIpc) is 2.84. The van der Waals surface area contributed by atoms with E-state index in [2.05, 4.69) is 4.99 Å². The van der Waals surface area contributed by atoms with Crippen LogP contribution in [0.15, 0.2) is 65.0 Å². The zero-order chi connectivity index (χ0) is 24.2. The van der Waals surface area contributed by atoms with Crippen molar-refractivity contribution >= 4 is 29.2 Å². The van der Waals surface area contributed by atoms with Gasteiger partial charge in [-0.1, -0.05) is 54.1 Å². The quantitative estimate of drug-likeness (QED) is 0.532. The summed E-state index contributed by atoms with van der Waals surface area (Å²) < 4.78 is 16.6. The van der Waals surface area contributed by atoms with Crippen LogP contribution in [0.25, 0.3) is 11.1 Å². The van der Waals surface area contributed by atoms with Gasteiger partial charge in [0, 0.05) is 19.1 Å². The van der Waals surface area contributed by atoms with Gasteiger partial charge in [-0.05, 0) is 11.6 Å². The Hall–Kier alpha value is -3.11. The second-order valence-corrected chi connectivity index (χ2v) is 7.74. The maximum absolute atomic E-state index is 11.8. The molecule has 0 aliphatic carbocycles. The molecule has 9 nitrogen and oxygen atoms in total. The van der Waals surface area contributed by atoms with Gasteiger partial charge >= 0.3 is 5.97 Å². The topological polar surface area (TPSA) is 127 Å². The van der Waals surface area contributed by atoms with Crippen molar-refractivity contribution in [2.24, 2.45) is 10.7 Å². The minimum absolute atomic E-state index is 0.0785. The molecule has 0 spiro atoms. The predicted octanol–water partition coefficient (Wildman–Crippen LogP) is 2.82. The molecule has 2 aromatic rings. The number of methoxy groups -OCH3 is 3. The number of nitrogens with zero attached hydrogens (tertiary/aromatic N) is 2. The van der Waals surface area contributed by atoms with Gasteiger partial charge < -0.3 is 30.2 Å². The highest BCUT2D eigenvalue weighted by Crippen LogP contribution is 2.41. The fourth-order valence-corrected chi connectivity index (χ4v) is 3.90. The van der Waals surface area contributed by atoms with Gasteiger partial charge in [0.05, 0.1) is 37.1 Å². The van der Waals surface area contributed by atoms with Gasteiger partial charge in [-0.25, -0.2) is 0 Å². The van der Waals surface area contributed by atoms with Crippen LogP contribution in [0.5, 0.6) is 0 Å². The molecule has 0 saturated heterocycles. The van der Waals surface area contributed by atoms with Crippen molar-refractivity contribution in [1.29, 1.82) is 0 Å². The lowest BCUT2D eigenvalue weighted by Crippen LogP contribution is -2.53. The largest absolute Gasteiger partial charge is 0.482 e. The van der Waals surface area contributed by atoms with Gasteiger partial charge in [0.1, 0.15) is 5.54 Å². The maximum Gasteiger partial charge on any atom is 0.326 e. The van der Waals surface area contributed by atoms with Crippen molar-refractivity contribution < 1.29 is 29.2 Å². The Morgan fingerprint density at radius 3 is 2.39 bits per heavy atom. The molecule has 33 heavy (non-hydrogen) atoms. The van der Waals surface area contributed by atoms with Gasteiger partial charge in [-0.3, -0.25) is 9.69 Å². The highest BCUT2D eigenvalue weighted by molar-refractivity contribution is 6.36. The Morgan fingerprint density at radius 2 is 1.85 bits per heavy atom. The first-order valence-corrected chi connectivity index (χ1v) is 10.4. The zero-order valence-electron chi connectivity index (χ0n) is 18.5. The normalized spacial score (nSPS) is 17.9. The van der Waals surface area contributed by atoms with Gasteiger partial charge in [0.25, 0.3) is 0 Å². The molecule has 4 N–H and O–H groups in total. The fraction of sp³-hybridized carbons (Fsp3) is 0.304. The molecule has 0 amide bonds. The van der Waals surface area contributed by atoms with E-state index in [4.69, 9.17) is 31.5 Å². The molecule has 0 radical (unpaired) electrons. The van der Waals surface area contributed by atoms with Crippen LogP contribution in [0.4, 0.5) is 5.69 Å². The van der Waals surface area contributed by atoms with E-state index in [1.165, 1.54) is 21.3 Å². The zero-order valence-corrected chi connectivity index (χ0v) is 19.2. The number of aliphatic carboxylic acids is 1. The second kappa shape index (κ2) is 10.2. The van der Waals surface area contributed by atoms with E-state index in [9.17, 15) is 15.0 Å². The summed E-state index contributed by atoms with van der Waals surface area (Å²) in [5.41, 5.74) is 6.42. The molecule has 0 aromatic heterocycles. The van der Waals surface area contributed by atoms with Crippen LogP contribution < -0.4 is 10.6 Å². The molecular weight excluding hydrogens is 450 g/mol. The number of ether oxygens (including phenoxy) is 3. The van der Waals surface area contributed by atoms with Crippen LogP contribution in [0.3, 0.4) is 0 Å². The van der Waals surface area contributed by atoms with E-state index >= 15 is 0 Å². The number of carboxylic acid groups (broad SMARTS) is 1. The molecule has 176 valence electrons. The summed E-state index contributed by atoms with van der Waals surface area (Å²) in [6.45, 7) is -0.808. The van der Waals surface area contributed by atoms with E-state index in [1.807, 2.05) is 42.5 Å². The van der Waals surface area contributed by atoms with Crippen molar-refractivity contribution in [1.82, 2.24) is 0 Å². The lowest BCUT2D eigenvalue weighted by Gasteiger charge is -2.37. The summed E-state index contributed by atoms with van der Waals surface area (Å²) in [4.78, 5) is 17.8. The summed E-state index contributed by atoms with van der Waals surface area (Å²) >= 11 is 6.84. The van der Waals surface area contributed by atoms with Crippen molar-refractivity contribution in [3.8, 4) is 11.1 Å². The number of carboxylic acids is 1. The summed E-state index contributed by atoms with van der Waals surface area (Å²) in [5.74, 6) is -1.12. The molecule has 0 bridgehead atoms.